The van der Waals surface area contributed by atoms with Gasteiger partial charge < -0.3 is 20.3 Å². The van der Waals surface area contributed by atoms with Crippen LogP contribution in [0.5, 0.6) is 0 Å². The van der Waals surface area contributed by atoms with Gasteiger partial charge in [0.05, 0.1) is 19.1 Å². The Labute approximate surface area is 188 Å². The molecular weight excluding hydrogens is 439 g/mol. The first kappa shape index (κ1) is 24.1. The summed E-state index contributed by atoms with van der Waals surface area (Å²) in [6.45, 7) is 0.905. The molecule has 1 saturated heterocycles. The van der Waals surface area contributed by atoms with Gasteiger partial charge in [0.25, 0.3) is 5.91 Å². The number of hydrogen-bond acceptors (Lipinski definition) is 4. The van der Waals surface area contributed by atoms with Crippen molar-refractivity contribution in [1.82, 2.24) is 10.2 Å². The number of nitrogens with one attached hydrogen (secondary N) is 2. The summed E-state index contributed by atoms with van der Waals surface area (Å²) in [4.78, 5) is 37.9. The number of anilines is 1. The SMILES string of the molecule is COC(=O)Cc1ccc(C(=O)N2CCC(NC(=O)Nc3ccc(C(F)(F)F)cc3)CC2)cc1. The van der Waals surface area contributed by atoms with Crippen LogP contribution in [0.2, 0.25) is 0 Å². The summed E-state index contributed by atoms with van der Waals surface area (Å²) in [5.74, 6) is -0.488. The minimum Gasteiger partial charge on any atom is -0.469 e. The number of rotatable bonds is 5. The van der Waals surface area contributed by atoms with Crippen LogP contribution in [-0.4, -0.2) is 49.0 Å². The summed E-state index contributed by atoms with van der Waals surface area (Å²) in [6, 6.07) is 10.3. The zero-order chi connectivity index (χ0) is 24.0. The molecule has 0 atom stereocenters. The molecule has 176 valence electrons. The number of piperidine rings is 1. The number of halogens is 3. The smallest absolute Gasteiger partial charge is 0.416 e. The van der Waals surface area contributed by atoms with Crippen LogP contribution in [0, 0.1) is 0 Å². The van der Waals surface area contributed by atoms with Crippen molar-refractivity contribution >= 4 is 23.6 Å². The van der Waals surface area contributed by atoms with E-state index in [0.29, 0.717) is 31.5 Å². The minimum absolute atomic E-state index is 0.132. The molecule has 3 rings (SSSR count). The molecule has 0 spiro atoms. The second-order valence-electron chi connectivity index (χ2n) is 7.69. The molecule has 0 aliphatic carbocycles. The number of carbonyl (C=O) groups excluding carboxylic acids is 3. The molecule has 0 unspecified atom stereocenters. The fraction of sp³-hybridized carbons (Fsp3) is 0.348. The maximum absolute atomic E-state index is 12.7. The summed E-state index contributed by atoms with van der Waals surface area (Å²) in [6.07, 6.45) is -3.20. The monoisotopic (exact) mass is 463 g/mol. The van der Waals surface area contributed by atoms with E-state index < -0.39 is 17.8 Å². The number of methoxy groups -OCH3 is 1. The molecule has 2 aromatic carbocycles. The lowest BCUT2D eigenvalue weighted by Crippen LogP contribution is -2.47. The lowest BCUT2D eigenvalue weighted by molar-refractivity contribution is -0.140. The molecule has 0 radical (unpaired) electrons. The summed E-state index contributed by atoms with van der Waals surface area (Å²) >= 11 is 0. The lowest BCUT2D eigenvalue weighted by Gasteiger charge is -2.32. The first-order valence-corrected chi connectivity index (χ1v) is 10.4. The number of carbonyl (C=O) groups is 3. The highest BCUT2D eigenvalue weighted by atomic mass is 19.4. The van der Waals surface area contributed by atoms with Gasteiger partial charge in [0.2, 0.25) is 0 Å². The normalized spacial score (nSPS) is 14.5. The highest BCUT2D eigenvalue weighted by molar-refractivity contribution is 5.94. The van der Waals surface area contributed by atoms with E-state index in [9.17, 15) is 27.6 Å². The van der Waals surface area contributed by atoms with Crippen LogP contribution in [-0.2, 0) is 22.1 Å². The molecule has 0 bridgehead atoms. The number of benzene rings is 2. The Kier molecular flexibility index (Phi) is 7.57. The Morgan fingerprint density at radius 3 is 2.15 bits per heavy atom. The summed E-state index contributed by atoms with van der Waals surface area (Å²) < 4.78 is 42.5. The van der Waals surface area contributed by atoms with Gasteiger partial charge >= 0.3 is 18.2 Å². The van der Waals surface area contributed by atoms with Crippen LogP contribution in [0.15, 0.2) is 48.5 Å². The van der Waals surface area contributed by atoms with E-state index in [1.54, 1.807) is 29.2 Å². The second-order valence-corrected chi connectivity index (χ2v) is 7.69. The number of likely N-dealkylation sites (tertiary alicyclic amines) is 1. The first-order valence-electron chi connectivity index (χ1n) is 10.4. The third-order valence-corrected chi connectivity index (χ3v) is 5.36. The number of hydrogen-bond donors (Lipinski definition) is 2. The zero-order valence-corrected chi connectivity index (χ0v) is 17.9. The quantitative estimate of drug-likeness (QED) is 0.660. The van der Waals surface area contributed by atoms with Gasteiger partial charge in [-0.25, -0.2) is 4.79 Å². The molecule has 0 saturated carbocycles. The standard InChI is InChI=1S/C23H24F3N3O4/c1-33-20(30)14-15-2-4-16(5-3-15)21(31)29-12-10-19(11-13-29)28-22(32)27-18-8-6-17(7-9-18)23(24,25)26/h2-9,19H,10-14H2,1H3,(H2,27,28,32). The van der Waals surface area contributed by atoms with E-state index in [-0.39, 0.29) is 30.0 Å². The Hall–Kier alpha value is -3.56. The zero-order valence-electron chi connectivity index (χ0n) is 17.9. The number of amides is 3. The van der Waals surface area contributed by atoms with E-state index in [1.807, 2.05) is 0 Å². The lowest BCUT2D eigenvalue weighted by atomic mass is 10.0. The number of ether oxygens (including phenoxy) is 1. The highest BCUT2D eigenvalue weighted by Crippen LogP contribution is 2.29. The van der Waals surface area contributed by atoms with Crippen molar-refractivity contribution in [3.8, 4) is 0 Å². The predicted octanol–water partition coefficient (Wildman–Crippen LogP) is 3.85. The topological polar surface area (TPSA) is 87.7 Å². The summed E-state index contributed by atoms with van der Waals surface area (Å²) in [7, 11) is 1.32. The van der Waals surface area contributed by atoms with Gasteiger partial charge in [0.15, 0.2) is 0 Å². The molecule has 1 fully saturated rings. The molecule has 0 aromatic heterocycles. The molecule has 1 aliphatic heterocycles. The maximum Gasteiger partial charge on any atom is 0.416 e. The molecule has 10 heteroatoms. The first-order chi connectivity index (χ1) is 15.7. The minimum atomic E-state index is -4.43. The van der Waals surface area contributed by atoms with E-state index in [0.717, 1.165) is 17.7 Å². The Morgan fingerprint density at radius 1 is 1.00 bits per heavy atom. The fourth-order valence-corrected chi connectivity index (χ4v) is 3.51. The molecular formula is C23H24F3N3O4. The van der Waals surface area contributed by atoms with Gasteiger partial charge in [-0.15, -0.1) is 0 Å². The van der Waals surface area contributed by atoms with Crippen molar-refractivity contribution in [2.75, 3.05) is 25.5 Å². The van der Waals surface area contributed by atoms with Crippen LogP contribution >= 0.6 is 0 Å². The van der Waals surface area contributed by atoms with Gasteiger partial charge in [0.1, 0.15) is 0 Å². The van der Waals surface area contributed by atoms with Gasteiger partial charge in [-0.3, -0.25) is 9.59 Å². The van der Waals surface area contributed by atoms with E-state index in [4.69, 9.17) is 0 Å². The van der Waals surface area contributed by atoms with Crippen molar-refractivity contribution in [3.05, 3.63) is 65.2 Å². The molecule has 2 N–H and O–H groups in total. The summed E-state index contributed by atoms with van der Waals surface area (Å²) in [5, 5.41) is 5.31. The average molecular weight is 463 g/mol. The molecule has 1 heterocycles. The number of urea groups is 1. The van der Waals surface area contributed by atoms with Crippen LogP contribution in [0.3, 0.4) is 0 Å². The Balaban J connectivity index is 1.46. The fourth-order valence-electron chi connectivity index (χ4n) is 3.51. The third-order valence-electron chi connectivity index (χ3n) is 5.36. The van der Waals surface area contributed by atoms with Crippen molar-refractivity contribution in [2.24, 2.45) is 0 Å². The Morgan fingerprint density at radius 2 is 1.61 bits per heavy atom. The number of alkyl halides is 3. The van der Waals surface area contributed by atoms with E-state index in [1.165, 1.54) is 19.2 Å². The maximum atomic E-state index is 12.7. The highest BCUT2D eigenvalue weighted by Gasteiger charge is 2.30. The van der Waals surface area contributed by atoms with Gasteiger partial charge in [-0.2, -0.15) is 13.2 Å². The molecule has 3 amide bonds. The van der Waals surface area contributed by atoms with Crippen LogP contribution < -0.4 is 10.6 Å². The largest absolute Gasteiger partial charge is 0.469 e. The third kappa shape index (κ3) is 6.71. The van der Waals surface area contributed by atoms with E-state index >= 15 is 0 Å². The Bertz CT molecular complexity index is 984. The number of esters is 1. The molecule has 1 aliphatic rings. The van der Waals surface area contributed by atoms with Crippen LogP contribution in [0.1, 0.15) is 34.3 Å². The van der Waals surface area contributed by atoms with Crippen LogP contribution in [0.4, 0.5) is 23.7 Å². The number of nitrogens with zero attached hydrogens (tertiary/aromatic N) is 1. The van der Waals surface area contributed by atoms with Crippen molar-refractivity contribution in [3.63, 3.8) is 0 Å². The van der Waals surface area contributed by atoms with Crippen molar-refractivity contribution < 1.29 is 32.3 Å². The van der Waals surface area contributed by atoms with Gasteiger partial charge in [-0.05, 0) is 54.8 Å². The van der Waals surface area contributed by atoms with Crippen LogP contribution in [0.25, 0.3) is 0 Å². The summed E-state index contributed by atoms with van der Waals surface area (Å²) in [5.41, 5.74) is 0.725. The molecule has 7 nitrogen and oxygen atoms in total. The molecule has 33 heavy (non-hydrogen) atoms. The van der Waals surface area contributed by atoms with Gasteiger partial charge in [0, 0.05) is 30.4 Å². The average Bonchev–Trinajstić information content (AvgIpc) is 2.79. The van der Waals surface area contributed by atoms with E-state index in [2.05, 4.69) is 15.4 Å². The van der Waals surface area contributed by atoms with Crippen molar-refractivity contribution in [1.29, 1.82) is 0 Å². The van der Waals surface area contributed by atoms with Gasteiger partial charge in [-0.1, -0.05) is 12.1 Å². The predicted molar refractivity (Wildman–Crippen MR) is 115 cm³/mol. The van der Waals surface area contributed by atoms with Crippen molar-refractivity contribution in [2.45, 2.75) is 31.5 Å². The molecule has 2 aromatic rings. The second kappa shape index (κ2) is 10.4.